The van der Waals surface area contributed by atoms with E-state index < -0.39 is 5.97 Å². The number of nitrogens with zero attached hydrogens (tertiary/aromatic N) is 2. The number of hydrogen-bond donors (Lipinski definition) is 1. The molecule has 2 saturated carbocycles. The highest BCUT2D eigenvalue weighted by molar-refractivity contribution is 5.66. The summed E-state index contributed by atoms with van der Waals surface area (Å²) in [5.41, 5.74) is 0. The summed E-state index contributed by atoms with van der Waals surface area (Å²) in [6.45, 7) is 5.61. The minimum Gasteiger partial charge on any atom is -0.481 e. The van der Waals surface area contributed by atoms with Crippen molar-refractivity contribution >= 4 is 5.97 Å². The summed E-state index contributed by atoms with van der Waals surface area (Å²) in [4.78, 5) is 15.7. The van der Waals surface area contributed by atoms with Crippen LogP contribution < -0.4 is 0 Å². The Labute approximate surface area is 115 Å². The molecule has 1 saturated heterocycles. The molecule has 3 atom stereocenters. The molecule has 0 amide bonds. The Morgan fingerprint density at radius 3 is 2.47 bits per heavy atom. The van der Waals surface area contributed by atoms with Gasteiger partial charge >= 0.3 is 5.97 Å². The van der Waals surface area contributed by atoms with Gasteiger partial charge in [-0.2, -0.15) is 0 Å². The van der Waals surface area contributed by atoms with Crippen molar-refractivity contribution in [3.8, 4) is 0 Å². The lowest BCUT2D eigenvalue weighted by molar-refractivity contribution is -0.137. The molecule has 4 nitrogen and oxygen atoms in total. The van der Waals surface area contributed by atoms with Crippen molar-refractivity contribution in [2.24, 2.45) is 11.8 Å². The average molecular weight is 266 g/mol. The number of carboxylic acid groups (broad SMARTS) is 1. The first kappa shape index (κ1) is 13.4. The molecule has 1 N–H and O–H groups in total. The van der Waals surface area contributed by atoms with Crippen molar-refractivity contribution in [1.29, 1.82) is 0 Å². The first-order valence-corrected chi connectivity index (χ1v) is 7.90. The predicted octanol–water partition coefficient (Wildman–Crippen LogP) is 1.66. The maximum Gasteiger partial charge on any atom is 0.303 e. The van der Waals surface area contributed by atoms with Crippen LogP contribution in [0.2, 0.25) is 0 Å². The molecule has 108 valence electrons. The first-order chi connectivity index (χ1) is 9.22. The molecule has 0 radical (unpaired) electrons. The molecule has 4 heteroatoms. The van der Waals surface area contributed by atoms with Crippen LogP contribution in [0.3, 0.4) is 0 Å². The second-order valence-corrected chi connectivity index (χ2v) is 6.62. The van der Waals surface area contributed by atoms with Gasteiger partial charge in [0.1, 0.15) is 0 Å². The van der Waals surface area contributed by atoms with Gasteiger partial charge in [-0.25, -0.2) is 0 Å². The molecular formula is C15H26N2O2. The number of aliphatic carboxylic acids is 1. The van der Waals surface area contributed by atoms with E-state index >= 15 is 0 Å². The summed E-state index contributed by atoms with van der Waals surface area (Å²) >= 11 is 0. The molecule has 2 aliphatic carbocycles. The third-order valence-electron chi connectivity index (χ3n) is 5.44. The quantitative estimate of drug-likeness (QED) is 0.822. The summed E-state index contributed by atoms with van der Waals surface area (Å²) in [6, 6.07) is 0.875. The summed E-state index contributed by atoms with van der Waals surface area (Å²) in [5, 5.41) is 8.66. The van der Waals surface area contributed by atoms with E-state index in [1.807, 2.05) is 0 Å². The molecule has 1 heterocycles. The molecule has 3 unspecified atom stereocenters. The van der Waals surface area contributed by atoms with Gasteiger partial charge in [0.15, 0.2) is 0 Å². The first-order valence-electron chi connectivity index (χ1n) is 7.90. The van der Waals surface area contributed by atoms with Gasteiger partial charge in [-0.1, -0.05) is 6.42 Å². The van der Waals surface area contributed by atoms with Crippen LogP contribution in [0.4, 0.5) is 0 Å². The molecule has 3 aliphatic rings. The fourth-order valence-corrected chi connectivity index (χ4v) is 4.43. The van der Waals surface area contributed by atoms with Crippen molar-refractivity contribution < 1.29 is 9.90 Å². The molecule has 0 aromatic carbocycles. The van der Waals surface area contributed by atoms with E-state index in [2.05, 4.69) is 9.80 Å². The Morgan fingerprint density at radius 2 is 1.89 bits per heavy atom. The van der Waals surface area contributed by atoms with Crippen LogP contribution in [0.5, 0.6) is 0 Å². The van der Waals surface area contributed by atoms with Gasteiger partial charge in [-0.3, -0.25) is 9.69 Å². The number of hydrogen-bond acceptors (Lipinski definition) is 3. The fraction of sp³-hybridized carbons (Fsp3) is 0.933. The number of carboxylic acids is 1. The van der Waals surface area contributed by atoms with Crippen molar-refractivity contribution in [2.45, 2.75) is 44.6 Å². The molecule has 3 rings (SSSR count). The van der Waals surface area contributed by atoms with Crippen molar-refractivity contribution in [2.75, 3.05) is 32.7 Å². The number of fused-ring (bicyclic) bond motifs is 2. The predicted molar refractivity (Wildman–Crippen MR) is 74.1 cm³/mol. The third kappa shape index (κ3) is 3.11. The fourth-order valence-electron chi connectivity index (χ4n) is 4.43. The van der Waals surface area contributed by atoms with Crippen LogP contribution in [0.25, 0.3) is 0 Å². The van der Waals surface area contributed by atoms with Crippen LogP contribution in [0.1, 0.15) is 38.5 Å². The van der Waals surface area contributed by atoms with E-state index in [4.69, 9.17) is 5.11 Å². The largest absolute Gasteiger partial charge is 0.481 e. The van der Waals surface area contributed by atoms with Crippen LogP contribution in [-0.2, 0) is 4.79 Å². The highest BCUT2D eigenvalue weighted by Gasteiger charge is 2.42. The Bertz CT molecular complexity index is 326. The summed E-state index contributed by atoms with van der Waals surface area (Å²) in [5.74, 6) is 1.35. The lowest BCUT2D eigenvalue weighted by Gasteiger charge is -2.41. The molecule has 0 aromatic rings. The van der Waals surface area contributed by atoms with Gasteiger partial charge in [-0.05, 0) is 44.1 Å². The van der Waals surface area contributed by atoms with Gasteiger partial charge in [0, 0.05) is 38.6 Å². The van der Waals surface area contributed by atoms with Gasteiger partial charge in [-0.15, -0.1) is 0 Å². The Morgan fingerprint density at radius 1 is 1.11 bits per heavy atom. The highest BCUT2D eigenvalue weighted by atomic mass is 16.4. The van der Waals surface area contributed by atoms with E-state index in [1.165, 1.54) is 38.8 Å². The SMILES string of the molecule is O=C(O)CCCN1CCN(C2CC3CCC2C3)CC1. The normalized spacial score (nSPS) is 35.9. The smallest absolute Gasteiger partial charge is 0.303 e. The van der Waals surface area contributed by atoms with Crippen molar-refractivity contribution in [3.63, 3.8) is 0 Å². The monoisotopic (exact) mass is 266 g/mol. The van der Waals surface area contributed by atoms with Crippen LogP contribution in [-0.4, -0.2) is 59.6 Å². The molecular weight excluding hydrogens is 240 g/mol. The van der Waals surface area contributed by atoms with Crippen LogP contribution >= 0.6 is 0 Å². The van der Waals surface area contributed by atoms with E-state index in [9.17, 15) is 4.79 Å². The van der Waals surface area contributed by atoms with Crippen molar-refractivity contribution in [1.82, 2.24) is 9.80 Å². The van der Waals surface area contributed by atoms with Crippen LogP contribution in [0.15, 0.2) is 0 Å². The lowest BCUT2D eigenvalue weighted by atomic mass is 9.93. The highest BCUT2D eigenvalue weighted by Crippen LogP contribution is 2.46. The second kappa shape index (κ2) is 5.80. The Balaban J connectivity index is 1.39. The molecule has 0 aromatic heterocycles. The maximum atomic E-state index is 10.5. The third-order valence-corrected chi connectivity index (χ3v) is 5.44. The molecule has 1 aliphatic heterocycles. The molecule has 19 heavy (non-hydrogen) atoms. The van der Waals surface area contributed by atoms with Gasteiger partial charge in [0.05, 0.1) is 0 Å². The van der Waals surface area contributed by atoms with E-state index in [1.54, 1.807) is 0 Å². The molecule has 3 fully saturated rings. The average Bonchev–Trinajstić information content (AvgIpc) is 3.01. The van der Waals surface area contributed by atoms with Gasteiger partial charge in [0.2, 0.25) is 0 Å². The van der Waals surface area contributed by atoms with Crippen molar-refractivity contribution in [3.05, 3.63) is 0 Å². The lowest BCUT2D eigenvalue weighted by Crippen LogP contribution is -2.51. The summed E-state index contributed by atoms with van der Waals surface area (Å²) in [7, 11) is 0. The minimum atomic E-state index is -0.666. The summed E-state index contributed by atoms with van der Waals surface area (Å²) < 4.78 is 0. The van der Waals surface area contributed by atoms with Gasteiger partial charge < -0.3 is 10.0 Å². The molecule has 0 spiro atoms. The second-order valence-electron chi connectivity index (χ2n) is 6.62. The van der Waals surface area contributed by atoms with Crippen LogP contribution in [0, 0.1) is 11.8 Å². The topological polar surface area (TPSA) is 43.8 Å². The van der Waals surface area contributed by atoms with E-state index in [-0.39, 0.29) is 0 Å². The Hall–Kier alpha value is -0.610. The molecule has 2 bridgehead atoms. The maximum absolute atomic E-state index is 10.5. The minimum absolute atomic E-state index is 0.312. The van der Waals surface area contributed by atoms with Gasteiger partial charge in [0.25, 0.3) is 0 Å². The zero-order chi connectivity index (χ0) is 13.2. The van der Waals surface area contributed by atoms with E-state index in [0.29, 0.717) is 6.42 Å². The zero-order valence-electron chi connectivity index (χ0n) is 11.8. The Kier molecular flexibility index (Phi) is 4.08. The number of piperazine rings is 1. The number of carbonyl (C=O) groups is 1. The van der Waals surface area contributed by atoms with E-state index in [0.717, 1.165) is 43.9 Å². The zero-order valence-corrected chi connectivity index (χ0v) is 11.8. The summed E-state index contributed by atoms with van der Waals surface area (Å²) in [6.07, 6.45) is 6.99. The standard InChI is InChI=1S/C15H26N2O2/c18-15(19)2-1-5-16-6-8-17(9-7-16)14-11-12-3-4-13(14)10-12/h12-14H,1-11H2,(H,18,19). The number of rotatable bonds is 5.